The van der Waals surface area contributed by atoms with E-state index in [1.807, 2.05) is 24.3 Å². The molecule has 4 rings (SSSR count). The van der Waals surface area contributed by atoms with Gasteiger partial charge in [0.2, 0.25) is 0 Å². The molecular weight excluding hydrogens is 388 g/mol. The van der Waals surface area contributed by atoms with Gasteiger partial charge < -0.3 is 5.32 Å². The van der Waals surface area contributed by atoms with Gasteiger partial charge >= 0.3 is 0 Å². The first kappa shape index (κ1) is 18.6. The van der Waals surface area contributed by atoms with Gasteiger partial charge in [-0.1, -0.05) is 36.0 Å². The molecule has 9 heteroatoms. The summed E-state index contributed by atoms with van der Waals surface area (Å²) in [5, 5.41) is 16.7. The summed E-state index contributed by atoms with van der Waals surface area (Å²) < 4.78 is 0. The van der Waals surface area contributed by atoms with Gasteiger partial charge in [0.25, 0.3) is 11.5 Å². The minimum Gasteiger partial charge on any atom is -0.322 e. The highest BCUT2D eigenvalue weighted by atomic mass is 32.2. The molecule has 0 saturated carbocycles. The maximum absolute atomic E-state index is 12.6. The first-order valence-electron chi connectivity index (χ1n) is 8.72. The Morgan fingerprint density at radius 1 is 1.03 bits per heavy atom. The van der Waals surface area contributed by atoms with Crippen molar-refractivity contribution in [2.75, 3.05) is 5.32 Å². The number of aromatic amines is 2. The number of carbonyl (C=O) groups excluding carboxylic acids is 1. The number of hydrogen-bond acceptors (Lipinski definition) is 6. The summed E-state index contributed by atoms with van der Waals surface area (Å²) in [6, 6.07) is 17.7. The molecule has 1 amide bonds. The van der Waals surface area contributed by atoms with Crippen molar-refractivity contribution in [3.8, 4) is 11.3 Å². The summed E-state index contributed by atoms with van der Waals surface area (Å²) in [6.07, 6.45) is 1.47. The second-order valence-corrected chi connectivity index (χ2v) is 7.08. The van der Waals surface area contributed by atoms with E-state index in [-0.39, 0.29) is 11.5 Å². The molecular formula is C20H16N6O2S. The molecule has 0 aliphatic heterocycles. The van der Waals surface area contributed by atoms with Crippen LogP contribution >= 0.6 is 11.8 Å². The van der Waals surface area contributed by atoms with Crippen molar-refractivity contribution < 1.29 is 4.79 Å². The fourth-order valence-electron chi connectivity index (χ4n) is 2.63. The number of hydrogen-bond donors (Lipinski definition) is 3. The van der Waals surface area contributed by atoms with E-state index in [0.29, 0.717) is 16.9 Å². The van der Waals surface area contributed by atoms with Crippen LogP contribution < -0.4 is 10.9 Å². The summed E-state index contributed by atoms with van der Waals surface area (Å²) in [5.41, 5.74) is 3.43. The van der Waals surface area contributed by atoms with Gasteiger partial charge in [0.1, 0.15) is 6.33 Å². The molecule has 29 heavy (non-hydrogen) atoms. The molecule has 0 unspecified atom stereocenters. The van der Waals surface area contributed by atoms with Gasteiger partial charge in [-0.05, 0) is 35.9 Å². The smallest absolute Gasteiger partial charge is 0.264 e. The van der Waals surface area contributed by atoms with Crippen molar-refractivity contribution in [3.63, 3.8) is 0 Å². The van der Waals surface area contributed by atoms with E-state index in [2.05, 4.69) is 30.7 Å². The van der Waals surface area contributed by atoms with E-state index < -0.39 is 0 Å². The molecule has 4 aromatic rings. The average molecular weight is 404 g/mol. The van der Waals surface area contributed by atoms with E-state index in [0.717, 1.165) is 22.0 Å². The third kappa shape index (κ3) is 4.77. The van der Waals surface area contributed by atoms with Crippen molar-refractivity contribution in [2.24, 2.45) is 0 Å². The number of amides is 1. The molecule has 0 spiro atoms. The minimum atomic E-state index is -0.263. The summed E-state index contributed by atoms with van der Waals surface area (Å²) >= 11 is 1.54. The lowest BCUT2D eigenvalue weighted by atomic mass is 10.1. The highest BCUT2D eigenvalue weighted by molar-refractivity contribution is 7.98. The highest BCUT2D eigenvalue weighted by Crippen LogP contribution is 2.21. The Kier molecular flexibility index (Phi) is 5.48. The predicted octanol–water partition coefficient (Wildman–Crippen LogP) is 3.10. The van der Waals surface area contributed by atoms with Crippen LogP contribution in [0.25, 0.3) is 11.3 Å². The molecule has 0 fully saturated rings. The van der Waals surface area contributed by atoms with Crippen LogP contribution in [-0.4, -0.2) is 31.3 Å². The van der Waals surface area contributed by atoms with E-state index in [1.54, 1.807) is 30.3 Å². The molecule has 0 saturated heterocycles. The molecule has 144 valence electrons. The molecule has 0 aliphatic carbocycles. The second kappa shape index (κ2) is 8.53. The van der Waals surface area contributed by atoms with Crippen LogP contribution in [0, 0.1) is 0 Å². The number of nitrogens with zero attached hydrogens (tertiary/aromatic N) is 3. The Morgan fingerprint density at radius 3 is 2.62 bits per heavy atom. The molecule has 2 aromatic heterocycles. The van der Waals surface area contributed by atoms with Crippen molar-refractivity contribution >= 4 is 23.4 Å². The lowest BCUT2D eigenvalue weighted by Gasteiger charge is -2.08. The predicted molar refractivity (Wildman–Crippen MR) is 111 cm³/mol. The standard InChI is InChI=1S/C20H16N6O2S/c27-18-9-8-17(24-25-18)15-2-1-3-16(10-15)23-19(28)14-6-4-13(5-7-14)11-29-20-21-12-22-26-20/h1-10,12H,11H2,(H,23,28)(H,25,27)(H,21,22,26). The van der Waals surface area contributed by atoms with Gasteiger partial charge in [-0.2, -0.15) is 10.2 Å². The molecule has 0 bridgehead atoms. The lowest BCUT2D eigenvalue weighted by molar-refractivity contribution is 0.102. The number of carbonyl (C=O) groups is 1. The van der Waals surface area contributed by atoms with Crippen LogP contribution in [0.3, 0.4) is 0 Å². The topological polar surface area (TPSA) is 116 Å². The Hall–Kier alpha value is -3.72. The normalized spacial score (nSPS) is 10.6. The fourth-order valence-corrected chi connectivity index (χ4v) is 3.37. The van der Waals surface area contributed by atoms with Gasteiger partial charge in [0.15, 0.2) is 5.16 Å². The Labute approximate surface area is 169 Å². The van der Waals surface area contributed by atoms with Crippen molar-refractivity contribution in [1.29, 1.82) is 0 Å². The summed E-state index contributed by atoms with van der Waals surface area (Å²) in [6.45, 7) is 0. The summed E-state index contributed by atoms with van der Waals surface area (Å²) in [7, 11) is 0. The Balaban J connectivity index is 1.41. The van der Waals surface area contributed by atoms with Crippen LogP contribution in [0.2, 0.25) is 0 Å². The first-order valence-corrected chi connectivity index (χ1v) is 9.70. The van der Waals surface area contributed by atoms with E-state index in [4.69, 9.17) is 0 Å². The summed E-state index contributed by atoms with van der Waals surface area (Å²) in [4.78, 5) is 27.8. The fraction of sp³-hybridized carbons (Fsp3) is 0.0500. The van der Waals surface area contributed by atoms with E-state index in [9.17, 15) is 9.59 Å². The zero-order valence-corrected chi connectivity index (χ0v) is 15.9. The number of nitrogens with one attached hydrogen (secondary N) is 3. The van der Waals surface area contributed by atoms with Crippen molar-refractivity contribution in [1.82, 2.24) is 25.4 Å². The van der Waals surface area contributed by atoms with Gasteiger partial charge in [-0.15, -0.1) is 0 Å². The SMILES string of the molecule is O=C(Nc1cccc(-c2ccc(=O)[nH]n2)c1)c1ccc(CSc2ncn[nH]2)cc1. The molecule has 2 aromatic carbocycles. The van der Waals surface area contributed by atoms with Crippen LogP contribution in [-0.2, 0) is 5.75 Å². The Morgan fingerprint density at radius 2 is 1.90 bits per heavy atom. The zero-order valence-electron chi connectivity index (χ0n) is 15.1. The highest BCUT2D eigenvalue weighted by Gasteiger charge is 2.08. The van der Waals surface area contributed by atoms with Gasteiger partial charge in [-0.3, -0.25) is 14.7 Å². The number of anilines is 1. The van der Waals surface area contributed by atoms with Crippen molar-refractivity contribution in [3.05, 3.63) is 88.5 Å². The number of benzene rings is 2. The zero-order chi connectivity index (χ0) is 20.1. The van der Waals surface area contributed by atoms with Crippen LogP contribution in [0.4, 0.5) is 5.69 Å². The molecule has 8 nitrogen and oxygen atoms in total. The van der Waals surface area contributed by atoms with Crippen molar-refractivity contribution in [2.45, 2.75) is 10.9 Å². The van der Waals surface area contributed by atoms with Crippen LogP contribution in [0.5, 0.6) is 0 Å². The van der Waals surface area contributed by atoms with Crippen LogP contribution in [0.15, 0.2) is 76.9 Å². The summed E-state index contributed by atoms with van der Waals surface area (Å²) in [5.74, 6) is 0.525. The number of aromatic nitrogens is 5. The first-order chi connectivity index (χ1) is 14.2. The maximum atomic E-state index is 12.6. The van der Waals surface area contributed by atoms with Gasteiger partial charge in [-0.25, -0.2) is 10.1 Å². The monoisotopic (exact) mass is 404 g/mol. The third-order valence-electron chi connectivity index (χ3n) is 4.08. The van der Waals surface area contributed by atoms with Crippen LogP contribution in [0.1, 0.15) is 15.9 Å². The molecule has 3 N–H and O–H groups in total. The second-order valence-electron chi connectivity index (χ2n) is 6.12. The largest absolute Gasteiger partial charge is 0.322 e. The molecule has 0 radical (unpaired) electrons. The lowest BCUT2D eigenvalue weighted by Crippen LogP contribution is -2.12. The molecule has 2 heterocycles. The van der Waals surface area contributed by atoms with E-state index in [1.165, 1.54) is 24.2 Å². The third-order valence-corrected chi connectivity index (χ3v) is 5.03. The quantitative estimate of drug-likeness (QED) is 0.425. The molecule has 0 aliphatic rings. The van der Waals surface area contributed by atoms with Gasteiger partial charge in [0.05, 0.1) is 5.69 Å². The van der Waals surface area contributed by atoms with E-state index >= 15 is 0 Å². The number of rotatable bonds is 6. The number of H-pyrrole nitrogens is 2. The minimum absolute atomic E-state index is 0.203. The average Bonchev–Trinajstić information content (AvgIpc) is 3.27. The Bertz CT molecular complexity index is 1150. The number of thioether (sulfide) groups is 1. The maximum Gasteiger partial charge on any atom is 0.264 e. The molecule has 0 atom stereocenters. The van der Waals surface area contributed by atoms with Gasteiger partial charge in [0, 0.05) is 28.6 Å².